The average molecular weight is 263 g/mol. The van der Waals surface area contributed by atoms with E-state index in [0.29, 0.717) is 28.6 Å². The van der Waals surface area contributed by atoms with Gasteiger partial charge < -0.3 is 10.1 Å². The molecule has 0 radical (unpaired) electrons. The maximum Gasteiger partial charge on any atom is 0.225 e. The van der Waals surface area contributed by atoms with Crippen molar-refractivity contribution in [1.82, 2.24) is 9.97 Å². The Hall–Kier alpha value is -1.32. The Labute approximate surface area is 116 Å². The van der Waals surface area contributed by atoms with Gasteiger partial charge in [0.05, 0.1) is 6.10 Å². The van der Waals surface area contributed by atoms with Gasteiger partial charge in [-0.1, -0.05) is 27.7 Å². The molecule has 1 aliphatic rings. The van der Waals surface area contributed by atoms with Crippen molar-refractivity contribution < 1.29 is 4.74 Å². The lowest BCUT2D eigenvalue weighted by atomic mass is 10.0. The number of nitrogens with zero attached hydrogens (tertiary/aromatic N) is 2. The second-order valence-corrected chi connectivity index (χ2v) is 6.76. The summed E-state index contributed by atoms with van der Waals surface area (Å²) in [6.45, 7) is 14.2. The van der Waals surface area contributed by atoms with Gasteiger partial charge in [0.15, 0.2) is 0 Å². The molecule has 1 fully saturated rings. The Balaban J connectivity index is 1.94. The maximum atomic E-state index is 5.57. The number of hydrogen-bond donors (Lipinski definition) is 1. The molecule has 1 aliphatic carbocycles. The number of rotatable bonds is 5. The van der Waals surface area contributed by atoms with E-state index < -0.39 is 0 Å². The van der Waals surface area contributed by atoms with E-state index in [9.17, 15) is 0 Å². The molecule has 1 saturated carbocycles. The molecule has 19 heavy (non-hydrogen) atoms. The van der Waals surface area contributed by atoms with Crippen LogP contribution in [0.4, 0.5) is 5.95 Å². The molecule has 0 aliphatic heterocycles. The molecule has 4 heteroatoms. The van der Waals surface area contributed by atoms with E-state index in [1.165, 1.54) is 0 Å². The maximum absolute atomic E-state index is 5.57. The van der Waals surface area contributed by atoms with E-state index in [2.05, 4.69) is 43.0 Å². The van der Waals surface area contributed by atoms with Crippen molar-refractivity contribution in [2.75, 3.05) is 11.9 Å². The fourth-order valence-electron chi connectivity index (χ4n) is 2.77. The first-order valence-corrected chi connectivity index (χ1v) is 6.98. The molecular formula is C15H25N3O. The van der Waals surface area contributed by atoms with Crippen molar-refractivity contribution in [2.24, 2.45) is 16.7 Å². The van der Waals surface area contributed by atoms with Crippen LogP contribution in [0.2, 0.25) is 0 Å². The molecule has 0 aromatic carbocycles. The van der Waals surface area contributed by atoms with Gasteiger partial charge in [0.25, 0.3) is 0 Å². The van der Waals surface area contributed by atoms with Crippen LogP contribution in [-0.4, -0.2) is 22.6 Å². The Morgan fingerprint density at radius 1 is 1.26 bits per heavy atom. The average Bonchev–Trinajstić information content (AvgIpc) is 2.66. The van der Waals surface area contributed by atoms with Crippen LogP contribution in [-0.2, 0) is 0 Å². The summed E-state index contributed by atoms with van der Waals surface area (Å²) in [7, 11) is 0. The first-order valence-electron chi connectivity index (χ1n) is 6.98. The normalized spacial score (nSPS) is 20.4. The standard InChI is InChI=1S/C15H25N3O/c1-10(2)19-12-7-8-16-13(18-12)17-9-11-14(3,4)15(11,5)6/h7-8,10-11H,9H2,1-6H3,(H,16,17,18). The quantitative estimate of drug-likeness (QED) is 0.885. The number of hydrogen-bond acceptors (Lipinski definition) is 4. The van der Waals surface area contributed by atoms with Crippen molar-refractivity contribution >= 4 is 5.95 Å². The van der Waals surface area contributed by atoms with Crippen LogP contribution in [0.1, 0.15) is 41.5 Å². The first kappa shape index (κ1) is 14.1. The van der Waals surface area contributed by atoms with Gasteiger partial charge >= 0.3 is 0 Å². The highest BCUT2D eigenvalue weighted by molar-refractivity contribution is 5.29. The van der Waals surface area contributed by atoms with E-state index in [1.54, 1.807) is 12.3 Å². The Morgan fingerprint density at radius 2 is 1.89 bits per heavy atom. The summed E-state index contributed by atoms with van der Waals surface area (Å²) in [6, 6.07) is 1.79. The van der Waals surface area contributed by atoms with Crippen LogP contribution < -0.4 is 10.1 Å². The van der Waals surface area contributed by atoms with Crippen molar-refractivity contribution in [3.05, 3.63) is 12.3 Å². The van der Waals surface area contributed by atoms with Crippen LogP contribution in [0.3, 0.4) is 0 Å². The molecule has 4 nitrogen and oxygen atoms in total. The Bertz CT molecular complexity index is 440. The molecule has 1 N–H and O–H groups in total. The van der Waals surface area contributed by atoms with E-state index in [4.69, 9.17) is 4.74 Å². The highest BCUT2D eigenvalue weighted by Crippen LogP contribution is 2.68. The summed E-state index contributed by atoms with van der Waals surface area (Å²) >= 11 is 0. The van der Waals surface area contributed by atoms with Crippen LogP contribution in [0.25, 0.3) is 0 Å². The molecule has 1 aromatic rings. The smallest absolute Gasteiger partial charge is 0.225 e. The van der Waals surface area contributed by atoms with E-state index >= 15 is 0 Å². The molecule has 2 rings (SSSR count). The van der Waals surface area contributed by atoms with Gasteiger partial charge in [-0.3, -0.25) is 0 Å². The summed E-state index contributed by atoms with van der Waals surface area (Å²) in [6.07, 6.45) is 1.86. The molecular weight excluding hydrogens is 238 g/mol. The van der Waals surface area contributed by atoms with Crippen LogP contribution in [0.15, 0.2) is 12.3 Å². The third-order valence-electron chi connectivity index (χ3n) is 4.77. The second-order valence-electron chi connectivity index (χ2n) is 6.76. The molecule has 0 unspecified atom stereocenters. The first-order chi connectivity index (χ1) is 8.75. The zero-order chi connectivity index (χ0) is 14.3. The van der Waals surface area contributed by atoms with Crippen LogP contribution >= 0.6 is 0 Å². The van der Waals surface area contributed by atoms with Gasteiger partial charge in [-0.2, -0.15) is 4.98 Å². The second kappa shape index (κ2) is 4.66. The number of anilines is 1. The minimum Gasteiger partial charge on any atom is -0.475 e. The SMILES string of the molecule is CC(C)Oc1ccnc(NCC2C(C)(C)C2(C)C)n1. The van der Waals surface area contributed by atoms with Crippen molar-refractivity contribution in [1.29, 1.82) is 0 Å². The molecule has 0 amide bonds. The van der Waals surface area contributed by atoms with Gasteiger partial charge in [0.2, 0.25) is 11.8 Å². The number of ether oxygens (including phenoxy) is 1. The van der Waals surface area contributed by atoms with Crippen LogP contribution in [0, 0.1) is 16.7 Å². The zero-order valence-corrected chi connectivity index (χ0v) is 12.8. The number of aromatic nitrogens is 2. The van der Waals surface area contributed by atoms with Crippen molar-refractivity contribution in [2.45, 2.75) is 47.6 Å². The van der Waals surface area contributed by atoms with E-state index in [0.717, 1.165) is 6.54 Å². The highest BCUT2D eigenvalue weighted by Gasteiger charge is 2.64. The lowest BCUT2D eigenvalue weighted by Crippen LogP contribution is -2.12. The van der Waals surface area contributed by atoms with Crippen molar-refractivity contribution in [3.63, 3.8) is 0 Å². The zero-order valence-electron chi connectivity index (χ0n) is 12.8. The van der Waals surface area contributed by atoms with Crippen molar-refractivity contribution in [3.8, 4) is 5.88 Å². The third-order valence-corrected chi connectivity index (χ3v) is 4.77. The Morgan fingerprint density at radius 3 is 2.42 bits per heavy atom. The third kappa shape index (κ3) is 2.67. The molecule has 0 atom stereocenters. The van der Waals surface area contributed by atoms with Gasteiger partial charge in [0, 0.05) is 18.8 Å². The van der Waals surface area contributed by atoms with E-state index in [1.807, 2.05) is 13.8 Å². The molecule has 0 spiro atoms. The van der Waals surface area contributed by atoms with Gasteiger partial charge in [-0.15, -0.1) is 0 Å². The molecule has 0 saturated heterocycles. The van der Waals surface area contributed by atoms with Crippen LogP contribution in [0.5, 0.6) is 5.88 Å². The summed E-state index contributed by atoms with van der Waals surface area (Å²) < 4.78 is 5.57. The largest absolute Gasteiger partial charge is 0.475 e. The van der Waals surface area contributed by atoms with Gasteiger partial charge in [0.1, 0.15) is 0 Å². The lowest BCUT2D eigenvalue weighted by Gasteiger charge is -2.10. The lowest BCUT2D eigenvalue weighted by molar-refractivity contribution is 0.232. The molecule has 0 bridgehead atoms. The monoisotopic (exact) mass is 263 g/mol. The molecule has 106 valence electrons. The topological polar surface area (TPSA) is 47.0 Å². The Kier molecular flexibility index (Phi) is 3.45. The van der Waals surface area contributed by atoms with Gasteiger partial charge in [-0.05, 0) is 30.6 Å². The van der Waals surface area contributed by atoms with Gasteiger partial charge in [-0.25, -0.2) is 4.98 Å². The fraction of sp³-hybridized carbons (Fsp3) is 0.733. The van der Waals surface area contributed by atoms with E-state index in [-0.39, 0.29) is 6.10 Å². The summed E-state index contributed by atoms with van der Waals surface area (Å²) in [5, 5.41) is 3.33. The fourth-order valence-corrected chi connectivity index (χ4v) is 2.77. The summed E-state index contributed by atoms with van der Waals surface area (Å²) in [5.41, 5.74) is 0.762. The predicted molar refractivity (Wildman–Crippen MR) is 77.3 cm³/mol. The molecule has 1 heterocycles. The molecule has 1 aromatic heterocycles. The summed E-state index contributed by atoms with van der Waals surface area (Å²) in [4.78, 5) is 8.60. The summed E-state index contributed by atoms with van der Waals surface area (Å²) in [5.74, 6) is 1.93. The minimum absolute atomic E-state index is 0.129. The number of nitrogens with one attached hydrogen (secondary N) is 1. The minimum atomic E-state index is 0.129. The predicted octanol–water partition coefficient (Wildman–Crippen LogP) is 3.36. The highest BCUT2D eigenvalue weighted by atomic mass is 16.5.